The van der Waals surface area contributed by atoms with Gasteiger partial charge >= 0.3 is 5.92 Å². The predicted molar refractivity (Wildman–Crippen MR) is 96.8 cm³/mol. The summed E-state index contributed by atoms with van der Waals surface area (Å²) in [5, 5.41) is 0. The number of benzene rings is 2. The van der Waals surface area contributed by atoms with E-state index in [1.807, 2.05) is 32.9 Å². The van der Waals surface area contributed by atoms with Gasteiger partial charge in [0.15, 0.2) is 19.1 Å². The van der Waals surface area contributed by atoms with Crippen LogP contribution in [0, 0.1) is 5.92 Å². The Bertz CT molecular complexity index is 770. The van der Waals surface area contributed by atoms with Gasteiger partial charge in [-0.25, -0.2) is 4.39 Å². The topological polar surface area (TPSA) is 26.3 Å². The van der Waals surface area contributed by atoms with Gasteiger partial charge in [-0.05, 0) is 23.6 Å². The summed E-state index contributed by atoms with van der Waals surface area (Å²) in [7, 11) is 0. The summed E-state index contributed by atoms with van der Waals surface area (Å²) in [4.78, 5) is 12.8. The number of halogens is 3. The number of carbonyl (C=O) groups excluding carboxylic acids is 1. The van der Waals surface area contributed by atoms with Gasteiger partial charge in [0.05, 0.1) is 0 Å². The molecule has 0 heterocycles. The molecule has 2 aromatic rings. The Morgan fingerprint density at radius 3 is 2.35 bits per heavy atom. The largest absolute Gasteiger partial charge is 0.487 e. The summed E-state index contributed by atoms with van der Waals surface area (Å²) in [5.41, 5.74) is 2.66. The van der Waals surface area contributed by atoms with Gasteiger partial charge in [0, 0.05) is 17.0 Å². The molecule has 0 bridgehead atoms. The van der Waals surface area contributed by atoms with Gasteiger partial charge in [-0.2, -0.15) is 8.78 Å². The van der Waals surface area contributed by atoms with Crippen LogP contribution in [-0.2, 0) is 6.42 Å². The number of ether oxygens (including phenoxy) is 1. The maximum Gasteiger partial charge on any atom is 0.309 e. The van der Waals surface area contributed by atoms with Gasteiger partial charge in [0.2, 0.25) is 0 Å². The van der Waals surface area contributed by atoms with Crippen LogP contribution in [-0.4, -0.2) is 25.0 Å². The van der Waals surface area contributed by atoms with Gasteiger partial charge in [0.25, 0.3) is 0 Å². The SMILES string of the molecule is CCc1cccc(-c2ccccc2OCC(F)(F)CF)c1C(=O)C(C)C. The highest BCUT2D eigenvalue weighted by molar-refractivity contribution is 6.05. The van der Waals surface area contributed by atoms with E-state index in [1.54, 1.807) is 30.3 Å². The number of ketones is 1. The normalized spacial score (nSPS) is 11.7. The van der Waals surface area contributed by atoms with Crippen molar-refractivity contribution in [3.63, 3.8) is 0 Å². The van der Waals surface area contributed by atoms with Gasteiger partial charge in [-0.15, -0.1) is 0 Å². The highest BCUT2D eigenvalue weighted by Crippen LogP contribution is 2.35. The molecule has 140 valence electrons. The quantitative estimate of drug-likeness (QED) is 0.559. The molecule has 26 heavy (non-hydrogen) atoms. The van der Waals surface area contributed by atoms with Crippen LogP contribution in [0.2, 0.25) is 0 Å². The Balaban J connectivity index is 2.54. The van der Waals surface area contributed by atoms with Crippen LogP contribution in [0.15, 0.2) is 42.5 Å². The summed E-state index contributed by atoms with van der Waals surface area (Å²) in [6.45, 7) is 2.77. The van der Waals surface area contributed by atoms with Crippen LogP contribution in [0.3, 0.4) is 0 Å². The molecule has 0 unspecified atom stereocenters. The van der Waals surface area contributed by atoms with E-state index in [0.29, 0.717) is 23.1 Å². The van der Waals surface area contributed by atoms with E-state index in [4.69, 9.17) is 4.74 Å². The van der Waals surface area contributed by atoms with Gasteiger partial charge in [-0.1, -0.05) is 57.2 Å². The number of rotatable bonds is 8. The average Bonchev–Trinajstić information content (AvgIpc) is 2.65. The van der Waals surface area contributed by atoms with Crippen molar-refractivity contribution < 1.29 is 22.7 Å². The summed E-state index contributed by atoms with van der Waals surface area (Å²) >= 11 is 0. The molecule has 2 rings (SSSR count). The zero-order valence-electron chi connectivity index (χ0n) is 15.2. The lowest BCUT2D eigenvalue weighted by molar-refractivity contribution is -0.0583. The zero-order chi connectivity index (χ0) is 19.3. The van der Waals surface area contributed by atoms with Crippen LogP contribution in [0.1, 0.15) is 36.7 Å². The van der Waals surface area contributed by atoms with Crippen molar-refractivity contribution in [3.8, 4) is 16.9 Å². The minimum absolute atomic E-state index is 0.0126. The van der Waals surface area contributed by atoms with E-state index in [0.717, 1.165) is 5.56 Å². The van der Waals surface area contributed by atoms with Crippen LogP contribution >= 0.6 is 0 Å². The molecule has 0 amide bonds. The van der Waals surface area contributed by atoms with Crippen molar-refractivity contribution in [3.05, 3.63) is 53.6 Å². The number of Topliss-reactive ketones (excluding diaryl/α,β-unsaturated/α-hetero) is 1. The first kappa shape index (κ1) is 20.0. The Morgan fingerprint density at radius 1 is 1.08 bits per heavy atom. The van der Waals surface area contributed by atoms with Gasteiger partial charge in [-0.3, -0.25) is 4.79 Å². The van der Waals surface area contributed by atoms with Crippen molar-refractivity contribution in [2.24, 2.45) is 5.92 Å². The fraction of sp³-hybridized carbons (Fsp3) is 0.381. The van der Waals surface area contributed by atoms with E-state index >= 15 is 0 Å². The molecule has 0 saturated carbocycles. The van der Waals surface area contributed by atoms with Crippen LogP contribution in [0.5, 0.6) is 5.75 Å². The number of carbonyl (C=O) groups is 1. The molecule has 2 aromatic carbocycles. The summed E-state index contributed by atoms with van der Waals surface area (Å²) in [5.74, 6) is -3.56. The van der Waals surface area contributed by atoms with Crippen LogP contribution in [0.25, 0.3) is 11.1 Å². The number of para-hydroxylation sites is 1. The van der Waals surface area contributed by atoms with Crippen molar-refractivity contribution in [1.82, 2.24) is 0 Å². The lowest BCUT2D eigenvalue weighted by Gasteiger charge is -2.19. The van der Waals surface area contributed by atoms with E-state index in [9.17, 15) is 18.0 Å². The smallest absolute Gasteiger partial charge is 0.309 e. The number of hydrogen-bond donors (Lipinski definition) is 0. The summed E-state index contributed by atoms with van der Waals surface area (Å²) in [6.07, 6.45) is 0.671. The third-order valence-electron chi connectivity index (χ3n) is 4.11. The first-order valence-electron chi connectivity index (χ1n) is 8.62. The number of hydrogen-bond acceptors (Lipinski definition) is 2. The predicted octanol–water partition coefficient (Wildman–Crippen LogP) is 5.74. The highest BCUT2D eigenvalue weighted by atomic mass is 19.3. The number of aryl methyl sites for hydroxylation is 1. The second-order valence-corrected chi connectivity index (χ2v) is 6.49. The van der Waals surface area contributed by atoms with Crippen molar-refractivity contribution in [2.45, 2.75) is 33.1 Å². The molecule has 0 aliphatic carbocycles. The fourth-order valence-electron chi connectivity index (χ4n) is 2.74. The molecule has 5 heteroatoms. The second-order valence-electron chi connectivity index (χ2n) is 6.49. The molecule has 0 radical (unpaired) electrons. The van der Waals surface area contributed by atoms with Crippen molar-refractivity contribution in [1.29, 1.82) is 0 Å². The monoisotopic (exact) mass is 364 g/mol. The third kappa shape index (κ3) is 4.45. The second kappa shape index (κ2) is 8.39. The molecule has 0 saturated heterocycles. The lowest BCUT2D eigenvalue weighted by Crippen LogP contribution is -2.28. The number of alkyl halides is 3. The maximum absolute atomic E-state index is 13.3. The van der Waals surface area contributed by atoms with Crippen molar-refractivity contribution in [2.75, 3.05) is 13.3 Å². The van der Waals surface area contributed by atoms with E-state index in [-0.39, 0.29) is 17.5 Å². The van der Waals surface area contributed by atoms with E-state index < -0.39 is 19.2 Å². The minimum atomic E-state index is -3.55. The molecule has 0 aromatic heterocycles. The minimum Gasteiger partial charge on any atom is -0.487 e. The zero-order valence-corrected chi connectivity index (χ0v) is 15.2. The summed E-state index contributed by atoms with van der Waals surface area (Å²) < 4.78 is 44.1. The Kier molecular flexibility index (Phi) is 6.46. The van der Waals surface area contributed by atoms with Crippen LogP contribution in [0.4, 0.5) is 13.2 Å². The van der Waals surface area contributed by atoms with E-state index in [1.165, 1.54) is 0 Å². The maximum atomic E-state index is 13.3. The molecule has 0 N–H and O–H groups in total. The van der Waals surface area contributed by atoms with Gasteiger partial charge < -0.3 is 4.74 Å². The Hall–Kier alpha value is -2.30. The van der Waals surface area contributed by atoms with Gasteiger partial charge in [0.1, 0.15) is 5.75 Å². The fourth-order valence-corrected chi connectivity index (χ4v) is 2.74. The standard InChI is InChI=1S/C21H23F3O2/c1-4-15-8-7-10-17(19(15)20(25)14(2)3)16-9-5-6-11-18(16)26-13-21(23,24)12-22/h5-11,14H,4,12-13H2,1-3H3. The molecule has 0 fully saturated rings. The molecule has 0 atom stereocenters. The Labute approximate surface area is 152 Å². The first-order chi connectivity index (χ1) is 12.3. The third-order valence-corrected chi connectivity index (χ3v) is 4.11. The highest BCUT2D eigenvalue weighted by Gasteiger charge is 2.30. The molecule has 2 nitrogen and oxygen atoms in total. The first-order valence-corrected chi connectivity index (χ1v) is 8.62. The van der Waals surface area contributed by atoms with E-state index in [2.05, 4.69) is 0 Å². The summed E-state index contributed by atoms with van der Waals surface area (Å²) in [6, 6.07) is 12.2. The molecular formula is C21H23F3O2. The average molecular weight is 364 g/mol. The molecule has 0 spiro atoms. The molecular weight excluding hydrogens is 341 g/mol. The molecule has 0 aliphatic rings. The van der Waals surface area contributed by atoms with Crippen molar-refractivity contribution >= 4 is 5.78 Å². The Morgan fingerprint density at radius 2 is 1.73 bits per heavy atom. The van der Waals surface area contributed by atoms with Crippen LogP contribution < -0.4 is 4.74 Å². The lowest BCUT2D eigenvalue weighted by atomic mass is 9.87. The molecule has 0 aliphatic heterocycles.